The number of allylic oxidation sites excluding steroid dienone is 1. The van der Waals surface area contributed by atoms with E-state index < -0.39 is 21.9 Å². The molecule has 5 aliphatic rings. The fourth-order valence-corrected chi connectivity index (χ4v) is 10.3. The quantitative estimate of drug-likeness (QED) is 0.347. The largest absolute Gasteiger partial charge is 0.490 e. The predicted octanol–water partition coefficient (Wildman–Crippen LogP) is 6.68. The Bertz CT molecular complexity index is 1740. The zero-order valence-corrected chi connectivity index (χ0v) is 29.7. The molecule has 2 saturated carbocycles. The van der Waals surface area contributed by atoms with Gasteiger partial charge in [0.25, 0.3) is 5.91 Å². The first-order valence-electron chi connectivity index (χ1n) is 17.4. The summed E-state index contributed by atoms with van der Waals surface area (Å²) in [6, 6.07) is 11.1. The number of carbonyl (C=O) groups excluding carboxylic acids is 2. The second kappa shape index (κ2) is 13.3. The van der Waals surface area contributed by atoms with E-state index in [0.29, 0.717) is 36.3 Å². The number of amides is 3. The number of anilines is 1. The van der Waals surface area contributed by atoms with E-state index in [9.17, 15) is 13.8 Å². The van der Waals surface area contributed by atoms with Gasteiger partial charge in [-0.05, 0) is 110 Å². The monoisotopic (exact) mass is 694 g/mol. The summed E-state index contributed by atoms with van der Waals surface area (Å²) in [5.74, 6) is 1.18. The first kappa shape index (κ1) is 33.4. The highest BCUT2D eigenvalue weighted by atomic mass is 35.5. The number of fused-ring (bicyclic) bond motifs is 4. The topological polar surface area (TPSA) is 109 Å². The van der Waals surface area contributed by atoms with E-state index in [0.717, 1.165) is 68.1 Å². The molecule has 7 rings (SSSR count). The number of hydrogen-bond acceptors (Lipinski definition) is 6. The van der Waals surface area contributed by atoms with Gasteiger partial charge in [0.15, 0.2) is 0 Å². The van der Waals surface area contributed by atoms with Crippen molar-refractivity contribution >= 4 is 39.1 Å². The maximum atomic E-state index is 14.3. The van der Waals surface area contributed by atoms with Gasteiger partial charge in [-0.1, -0.05) is 43.7 Å². The molecule has 9 nitrogen and oxygen atoms in total. The Morgan fingerprint density at radius 3 is 2.77 bits per heavy atom. The molecule has 1 spiro atoms. The van der Waals surface area contributed by atoms with E-state index in [1.807, 2.05) is 32.0 Å². The zero-order valence-electron chi connectivity index (χ0n) is 28.1. The molecule has 2 fully saturated rings. The summed E-state index contributed by atoms with van der Waals surface area (Å²) in [7, 11) is -1.66. The van der Waals surface area contributed by atoms with E-state index in [2.05, 4.69) is 43.6 Å². The van der Waals surface area contributed by atoms with Gasteiger partial charge in [-0.3, -0.25) is 9.52 Å². The molecule has 11 heteroatoms. The number of aryl methyl sites for hydroxylation is 1. The molecule has 2 aliphatic heterocycles. The first-order chi connectivity index (χ1) is 23.0. The first-order valence-corrected chi connectivity index (χ1v) is 19.5. The number of ether oxygens (including phenoxy) is 2. The lowest BCUT2D eigenvalue weighted by molar-refractivity contribution is 0.0131. The molecule has 0 saturated heterocycles. The second-order valence-corrected chi connectivity index (χ2v) is 17.3. The van der Waals surface area contributed by atoms with Crippen molar-refractivity contribution in [3.63, 3.8) is 0 Å². The molecule has 0 aromatic heterocycles. The van der Waals surface area contributed by atoms with E-state index in [-0.39, 0.29) is 29.2 Å². The van der Waals surface area contributed by atoms with Crippen LogP contribution in [-0.2, 0) is 26.5 Å². The van der Waals surface area contributed by atoms with Crippen LogP contribution in [0.15, 0.2) is 52.9 Å². The van der Waals surface area contributed by atoms with Crippen LogP contribution >= 0.6 is 11.6 Å². The summed E-state index contributed by atoms with van der Waals surface area (Å²) < 4.78 is 33.8. The molecular weight excluding hydrogens is 648 g/mol. The average molecular weight is 695 g/mol. The van der Waals surface area contributed by atoms with E-state index >= 15 is 0 Å². The van der Waals surface area contributed by atoms with Crippen molar-refractivity contribution in [3.8, 4) is 5.75 Å². The van der Waals surface area contributed by atoms with Crippen LogP contribution < -0.4 is 19.7 Å². The van der Waals surface area contributed by atoms with Crippen molar-refractivity contribution in [1.29, 1.82) is 0 Å². The molecule has 3 amide bonds. The van der Waals surface area contributed by atoms with Crippen molar-refractivity contribution in [2.75, 3.05) is 37.5 Å². The summed E-state index contributed by atoms with van der Waals surface area (Å²) in [6.07, 6.45) is 10.9. The number of carbonyl (C=O) groups is 2. The summed E-state index contributed by atoms with van der Waals surface area (Å²) >= 11 is 6.44. The molecular formula is C37H47ClN4O5S. The van der Waals surface area contributed by atoms with Crippen molar-refractivity contribution in [2.45, 2.75) is 76.4 Å². The normalized spacial score (nSPS) is 35.1. The molecule has 2 heterocycles. The van der Waals surface area contributed by atoms with E-state index in [4.69, 9.17) is 21.1 Å². The van der Waals surface area contributed by atoms with Gasteiger partial charge in [-0.25, -0.2) is 9.00 Å². The van der Waals surface area contributed by atoms with Crippen LogP contribution in [0.25, 0.3) is 0 Å². The van der Waals surface area contributed by atoms with Gasteiger partial charge in [0.1, 0.15) is 15.7 Å². The van der Waals surface area contributed by atoms with Crippen LogP contribution in [0.3, 0.4) is 0 Å². The van der Waals surface area contributed by atoms with Crippen molar-refractivity contribution in [1.82, 2.24) is 10.0 Å². The van der Waals surface area contributed by atoms with Crippen LogP contribution in [0.1, 0.15) is 73.9 Å². The summed E-state index contributed by atoms with van der Waals surface area (Å²) in [4.78, 5) is 29.2. The van der Waals surface area contributed by atoms with Crippen molar-refractivity contribution in [2.24, 2.45) is 28.0 Å². The van der Waals surface area contributed by atoms with Gasteiger partial charge in [0.2, 0.25) is 0 Å². The lowest BCUT2D eigenvalue weighted by Crippen LogP contribution is -2.49. The molecule has 0 radical (unpaired) electrons. The number of benzene rings is 2. The third-order valence-corrected chi connectivity index (χ3v) is 13.4. The molecule has 8 atom stereocenters. The van der Waals surface area contributed by atoms with Gasteiger partial charge in [0, 0.05) is 42.2 Å². The van der Waals surface area contributed by atoms with Crippen molar-refractivity contribution < 1.29 is 23.3 Å². The van der Waals surface area contributed by atoms with Crippen LogP contribution in [-0.4, -0.2) is 60.9 Å². The molecule has 3 aliphatic carbocycles. The van der Waals surface area contributed by atoms with Gasteiger partial charge < -0.3 is 19.7 Å². The lowest BCUT2D eigenvalue weighted by atomic mass is 9.68. The number of halogens is 1. The Hall–Kier alpha value is -3.08. The number of hydrogen-bond donors (Lipinski definition) is 2. The molecule has 48 heavy (non-hydrogen) atoms. The third kappa shape index (κ3) is 6.85. The Labute approximate surface area is 289 Å². The maximum Gasteiger partial charge on any atom is 0.327 e. The van der Waals surface area contributed by atoms with E-state index in [1.165, 1.54) is 11.1 Å². The highest BCUT2D eigenvalue weighted by Crippen LogP contribution is 2.47. The SMILES string of the molecule is CO[C@H]1/C=C\C[C@H](C)CS(=O)(NC(=O)N[C@@H]2C[C@H]2C)=NC(=O)c2ccc3c(c2)N(C[C@@H]2CC[C@H]21)C[C@@]1(CCCc2cc(Cl)ccc21)CO3. The standard InChI is InChI=1S/C37H47ClN4O5S/c1-23-6-4-8-33(46-3)29-12-9-27(29)19-42-21-37(15-5-7-25-17-28(38)11-13-30(25)37)22-47-34-14-10-26(18-32(34)42)35(43)40-48(45,20-23)41-36(44)39-31-16-24(31)2/h4,8,10-11,13-14,17-18,23-24,27,29,31,33H,5-7,9,12,15-16,19-22H2,1-3H3,(H2,39,40,41,43,44,45)/b8-4-/t23-,24+,27-,29+,31+,33-,37-,48?/m0/s1. The van der Waals surface area contributed by atoms with Gasteiger partial charge in [0.05, 0.1) is 24.2 Å². The third-order valence-electron chi connectivity index (χ3n) is 11.2. The Morgan fingerprint density at radius 1 is 1.19 bits per heavy atom. The zero-order chi connectivity index (χ0) is 33.6. The van der Waals surface area contributed by atoms with E-state index in [1.54, 1.807) is 13.2 Å². The fraction of sp³-hybridized carbons (Fsp3) is 0.568. The fourth-order valence-electron chi connectivity index (χ4n) is 8.23. The number of nitrogens with zero attached hydrogens (tertiary/aromatic N) is 2. The average Bonchev–Trinajstić information content (AvgIpc) is 3.75. The molecule has 2 aromatic carbocycles. The summed E-state index contributed by atoms with van der Waals surface area (Å²) in [5.41, 5.74) is 3.47. The smallest absolute Gasteiger partial charge is 0.327 e. The minimum absolute atomic E-state index is 0.0375. The van der Waals surface area contributed by atoms with Gasteiger partial charge >= 0.3 is 6.03 Å². The summed E-state index contributed by atoms with van der Waals surface area (Å²) in [6.45, 7) is 6.06. The van der Waals surface area contributed by atoms with Crippen molar-refractivity contribution in [3.05, 3.63) is 70.3 Å². The van der Waals surface area contributed by atoms with Gasteiger partial charge in [-0.15, -0.1) is 4.36 Å². The number of methoxy groups -OCH3 is 1. The molecule has 258 valence electrons. The number of nitrogens with one attached hydrogen (secondary N) is 2. The summed E-state index contributed by atoms with van der Waals surface area (Å²) in [5, 5.41) is 3.62. The minimum Gasteiger partial charge on any atom is -0.490 e. The van der Waals surface area contributed by atoms with Gasteiger partial charge in [-0.2, -0.15) is 0 Å². The van der Waals surface area contributed by atoms with Crippen LogP contribution in [0, 0.1) is 23.7 Å². The van der Waals surface area contributed by atoms with Crippen LogP contribution in [0.4, 0.5) is 10.5 Å². The highest BCUT2D eigenvalue weighted by Gasteiger charge is 2.44. The van der Waals surface area contributed by atoms with Crippen LogP contribution in [0.2, 0.25) is 5.02 Å². The minimum atomic E-state index is -3.44. The lowest BCUT2D eigenvalue weighted by Gasteiger charge is -2.46. The predicted molar refractivity (Wildman–Crippen MR) is 189 cm³/mol. The Balaban J connectivity index is 1.28. The molecule has 2 bridgehead atoms. The number of rotatable bonds is 3. The molecule has 1 unspecified atom stereocenters. The van der Waals surface area contributed by atoms with Crippen LogP contribution in [0.5, 0.6) is 5.75 Å². The number of urea groups is 1. The molecule has 2 N–H and O–H groups in total. The Kier molecular flexibility index (Phi) is 9.28. The maximum absolute atomic E-state index is 14.3. The Morgan fingerprint density at radius 2 is 2.02 bits per heavy atom. The molecule has 2 aromatic rings. The second-order valence-electron chi connectivity index (χ2n) is 14.9. The highest BCUT2D eigenvalue weighted by molar-refractivity contribution is 7.92.